The van der Waals surface area contributed by atoms with Crippen LogP contribution in [0.1, 0.15) is 24.5 Å². The second-order valence-electron chi connectivity index (χ2n) is 3.17. The quantitative estimate of drug-likeness (QED) is 0.553. The lowest BCUT2D eigenvalue weighted by atomic mass is 10.1. The van der Waals surface area contributed by atoms with Crippen LogP contribution in [0.15, 0.2) is 23.3 Å². The van der Waals surface area contributed by atoms with Crippen molar-refractivity contribution < 1.29 is 0 Å². The van der Waals surface area contributed by atoms with Gasteiger partial charge < -0.3 is 0 Å². The van der Waals surface area contributed by atoms with Gasteiger partial charge in [0.1, 0.15) is 0 Å². The Bertz CT molecular complexity index is 292. The number of nitrogens with one attached hydrogen (secondary N) is 1. The number of rotatable bonds is 4. The van der Waals surface area contributed by atoms with Crippen molar-refractivity contribution in [1.82, 2.24) is 0 Å². The monoisotopic (exact) mass is 176 g/mol. The van der Waals surface area contributed by atoms with E-state index in [2.05, 4.69) is 49.3 Å². The average molecular weight is 176 g/mol. The van der Waals surface area contributed by atoms with E-state index in [1.54, 1.807) is 0 Å². The lowest BCUT2D eigenvalue weighted by Crippen LogP contribution is -1.92. The molecule has 0 saturated heterocycles. The summed E-state index contributed by atoms with van der Waals surface area (Å²) >= 11 is 0. The van der Waals surface area contributed by atoms with E-state index in [0.717, 1.165) is 12.1 Å². The molecule has 0 bridgehead atoms. The summed E-state index contributed by atoms with van der Waals surface area (Å²) < 4.78 is 0. The Hall–Kier alpha value is -1.31. The van der Waals surface area contributed by atoms with Crippen LogP contribution in [0.3, 0.4) is 0 Å². The summed E-state index contributed by atoms with van der Waals surface area (Å²) in [5, 5.41) is 3.67. The number of hydrazone groups is 1. The Morgan fingerprint density at radius 3 is 2.85 bits per heavy atom. The smallest absolute Gasteiger partial charge is 0.0593 e. The van der Waals surface area contributed by atoms with Crippen molar-refractivity contribution in [2.45, 2.75) is 26.7 Å². The third-order valence-corrected chi connectivity index (χ3v) is 2.04. The highest BCUT2D eigenvalue weighted by Crippen LogP contribution is 2.17. The zero-order valence-corrected chi connectivity index (χ0v) is 8.30. The van der Waals surface area contributed by atoms with Gasteiger partial charge in [0.2, 0.25) is 0 Å². The van der Waals surface area contributed by atoms with Crippen LogP contribution < -0.4 is 5.43 Å². The molecule has 1 aromatic rings. The molecule has 0 heterocycles. The first-order chi connectivity index (χ1) is 6.27. The van der Waals surface area contributed by atoms with Crippen molar-refractivity contribution in [2.24, 2.45) is 5.10 Å². The molecule has 0 unspecified atom stereocenters. The predicted molar refractivity (Wildman–Crippen MR) is 58.3 cm³/mol. The van der Waals surface area contributed by atoms with E-state index in [1.165, 1.54) is 17.5 Å². The van der Waals surface area contributed by atoms with Gasteiger partial charge >= 0.3 is 0 Å². The van der Waals surface area contributed by atoms with E-state index < -0.39 is 0 Å². The molecule has 0 atom stereocenters. The summed E-state index contributed by atoms with van der Waals surface area (Å²) in [5.41, 5.74) is 6.49. The minimum absolute atomic E-state index is 1.06. The van der Waals surface area contributed by atoms with Crippen molar-refractivity contribution in [3.8, 4) is 0 Å². The van der Waals surface area contributed by atoms with Crippen LogP contribution >= 0.6 is 0 Å². The second-order valence-corrected chi connectivity index (χ2v) is 3.17. The fourth-order valence-electron chi connectivity index (χ4n) is 1.32. The molecule has 1 aromatic carbocycles. The molecule has 2 nitrogen and oxygen atoms in total. The largest absolute Gasteiger partial charge is 0.279 e. The van der Waals surface area contributed by atoms with Crippen LogP contribution in [0, 0.1) is 6.92 Å². The fourth-order valence-corrected chi connectivity index (χ4v) is 1.32. The van der Waals surface area contributed by atoms with Crippen molar-refractivity contribution in [3.05, 3.63) is 29.3 Å². The Morgan fingerprint density at radius 1 is 1.46 bits per heavy atom. The third kappa shape index (κ3) is 2.58. The van der Waals surface area contributed by atoms with E-state index in [1.807, 2.05) is 0 Å². The molecular formula is C11H16N2. The molecule has 0 aliphatic rings. The molecule has 0 aliphatic carbocycles. The summed E-state index contributed by atoms with van der Waals surface area (Å²) in [4.78, 5) is 0. The van der Waals surface area contributed by atoms with Gasteiger partial charge in [0, 0.05) is 6.72 Å². The van der Waals surface area contributed by atoms with Gasteiger partial charge in [-0.2, -0.15) is 5.10 Å². The summed E-state index contributed by atoms with van der Waals surface area (Å²) in [7, 11) is 0. The number of hydrogen-bond donors (Lipinski definition) is 1. The summed E-state index contributed by atoms with van der Waals surface area (Å²) in [6, 6.07) is 6.40. The zero-order valence-electron chi connectivity index (χ0n) is 8.30. The predicted octanol–water partition coefficient (Wildman–Crippen LogP) is 2.98. The van der Waals surface area contributed by atoms with Crippen molar-refractivity contribution in [3.63, 3.8) is 0 Å². The molecule has 1 N–H and O–H groups in total. The second kappa shape index (κ2) is 4.65. The molecule has 0 aromatic heterocycles. The summed E-state index contributed by atoms with van der Waals surface area (Å²) in [5.74, 6) is 0. The number of anilines is 1. The maximum Gasteiger partial charge on any atom is 0.0593 e. The molecule has 1 rings (SSSR count). The maximum absolute atomic E-state index is 3.67. The van der Waals surface area contributed by atoms with E-state index in [4.69, 9.17) is 0 Å². The molecule has 70 valence electrons. The van der Waals surface area contributed by atoms with Crippen molar-refractivity contribution >= 4 is 12.4 Å². The Morgan fingerprint density at radius 2 is 2.23 bits per heavy atom. The Kier molecular flexibility index (Phi) is 3.50. The molecule has 13 heavy (non-hydrogen) atoms. The van der Waals surface area contributed by atoms with Crippen LogP contribution in [0.25, 0.3) is 0 Å². The number of aryl methyl sites for hydroxylation is 2. The van der Waals surface area contributed by atoms with Gasteiger partial charge in [-0.05, 0) is 30.5 Å². The van der Waals surface area contributed by atoms with Gasteiger partial charge in [-0.1, -0.05) is 25.5 Å². The van der Waals surface area contributed by atoms with E-state index in [9.17, 15) is 0 Å². The van der Waals surface area contributed by atoms with Crippen LogP contribution in [-0.4, -0.2) is 6.72 Å². The van der Waals surface area contributed by atoms with Crippen LogP contribution in [-0.2, 0) is 6.42 Å². The molecule has 0 aliphatic heterocycles. The number of hydrogen-bond acceptors (Lipinski definition) is 2. The maximum atomic E-state index is 3.67. The van der Waals surface area contributed by atoms with Gasteiger partial charge in [0.25, 0.3) is 0 Å². The SMILES string of the molecule is C=NNc1cc(CCC)ccc1C. The minimum Gasteiger partial charge on any atom is -0.279 e. The Balaban J connectivity index is 2.89. The molecular weight excluding hydrogens is 160 g/mol. The fraction of sp³-hybridized carbons (Fsp3) is 0.364. The first kappa shape index (κ1) is 9.78. The molecule has 0 fully saturated rings. The first-order valence-corrected chi connectivity index (χ1v) is 4.59. The number of nitrogens with zero attached hydrogens (tertiary/aromatic N) is 1. The van der Waals surface area contributed by atoms with Gasteiger partial charge in [0.15, 0.2) is 0 Å². The normalized spacial score (nSPS) is 9.69. The average Bonchev–Trinajstić information content (AvgIpc) is 2.12. The van der Waals surface area contributed by atoms with Crippen LogP contribution in [0.4, 0.5) is 5.69 Å². The topological polar surface area (TPSA) is 24.4 Å². The van der Waals surface area contributed by atoms with Gasteiger partial charge in [0.05, 0.1) is 5.69 Å². The summed E-state index contributed by atoms with van der Waals surface area (Å²) in [6.07, 6.45) is 2.29. The van der Waals surface area contributed by atoms with E-state index in [0.29, 0.717) is 0 Å². The minimum atomic E-state index is 1.06. The number of benzene rings is 1. The first-order valence-electron chi connectivity index (χ1n) is 4.59. The van der Waals surface area contributed by atoms with Gasteiger partial charge in [-0.15, -0.1) is 0 Å². The molecule has 0 spiro atoms. The highest BCUT2D eigenvalue weighted by Gasteiger charge is 1.98. The Labute approximate surface area is 79.7 Å². The summed E-state index contributed by atoms with van der Waals surface area (Å²) in [6.45, 7) is 7.65. The van der Waals surface area contributed by atoms with Crippen molar-refractivity contribution in [2.75, 3.05) is 5.43 Å². The van der Waals surface area contributed by atoms with Crippen LogP contribution in [0.2, 0.25) is 0 Å². The van der Waals surface area contributed by atoms with Gasteiger partial charge in [-0.25, -0.2) is 0 Å². The highest BCUT2D eigenvalue weighted by atomic mass is 15.3. The van der Waals surface area contributed by atoms with Gasteiger partial charge in [-0.3, -0.25) is 5.43 Å². The molecule has 0 amide bonds. The van der Waals surface area contributed by atoms with Crippen LogP contribution in [0.5, 0.6) is 0 Å². The third-order valence-electron chi connectivity index (χ3n) is 2.04. The standard InChI is InChI=1S/C11H16N2/c1-4-5-10-7-6-9(2)11(8-10)13-12-3/h6-8,13H,3-5H2,1-2H3. The lowest BCUT2D eigenvalue weighted by molar-refractivity contribution is 0.921. The molecule has 2 heteroatoms. The molecule has 0 radical (unpaired) electrons. The van der Waals surface area contributed by atoms with E-state index >= 15 is 0 Å². The van der Waals surface area contributed by atoms with Crippen molar-refractivity contribution in [1.29, 1.82) is 0 Å². The molecule has 0 saturated carbocycles. The highest BCUT2D eigenvalue weighted by molar-refractivity contribution is 5.53. The van der Waals surface area contributed by atoms with E-state index in [-0.39, 0.29) is 0 Å². The zero-order chi connectivity index (χ0) is 9.68. The lowest BCUT2D eigenvalue weighted by Gasteiger charge is -2.06.